The van der Waals surface area contributed by atoms with E-state index in [0.29, 0.717) is 31.0 Å². The molecule has 0 aliphatic carbocycles. The van der Waals surface area contributed by atoms with E-state index in [-0.39, 0.29) is 0 Å². The number of rotatable bonds is 6. The van der Waals surface area contributed by atoms with Gasteiger partial charge in [0, 0.05) is 25.0 Å². The molecule has 6 heteroatoms. The first-order valence-electron chi connectivity index (χ1n) is 5.92. The molecule has 0 atom stereocenters. The van der Waals surface area contributed by atoms with Crippen LogP contribution >= 0.6 is 0 Å². The van der Waals surface area contributed by atoms with Crippen LogP contribution in [0.5, 0.6) is 0 Å². The van der Waals surface area contributed by atoms with Crippen molar-refractivity contribution in [3.63, 3.8) is 0 Å². The Morgan fingerprint density at radius 1 is 1.28 bits per heavy atom. The molecule has 6 nitrogen and oxygen atoms in total. The fourth-order valence-electron chi connectivity index (χ4n) is 1.37. The third kappa shape index (κ3) is 3.81. The Bertz CT molecular complexity index is 468. The molecule has 2 rings (SSSR count). The van der Waals surface area contributed by atoms with Crippen molar-refractivity contribution in [3.05, 3.63) is 36.0 Å². The molecule has 0 saturated heterocycles. The van der Waals surface area contributed by atoms with Gasteiger partial charge in [-0.15, -0.1) is 5.10 Å². The largest absolute Gasteiger partial charge is 0.407 e. The zero-order valence-electron chi connectivity index (χ0n) is 10.6. The standard InChI is InChI=1S/C12H17N5O/c1-9(2)14-8-11-16-17-12(18-11)15-7-10-4-3-5-13-6-10/h3-6,9,14H,7-8H2,1-2H3,(H,15,17). The van der Waals surface area contributed by atoms with E-state index < -0.39 is 0 Å². The fourth-order valence-corrected chi connectivity index (χ4v) is 1.37. The Hall–Kier alpha value is -1.95. The maximum absolute atomic E-state index is 5.44. The highest BCUT2D eigenvalue weighted by Crippen LogP contribution is 2.07. The van der Waals surface area contributed by atoms with E-state index >= 15 is 0 Å². The van der Waals surface area contributed by atoms with Crippen molar-refractivity contribution >= 4 is 6.01 Å². The van der Waals surface area contributed by atoms with E-state index in [4.69, 9.17) is 4.42 Å². The first kappa shape index (κ1) is 12.5. The van der Waals surface area contributed by atoms with E-state index in [0.717, 1.165) is 5.56 Å². The van der Waals surface area contributed by atoms with Crippen LogP contribution in [-0.4, -0.2) is 21.2 Å². The lowest BCUT2D eigenvalue weighted by Gasteiger charge is -2.03. The van der Waals surface area contributed by atoms with Crippen LogP contribution < -0.4 is 10.6 Å². The molecule has 0 aliphatic rings. The van der Waals surface area contributed by atoms with Crippen LogP contribution in [0.3, 0.4) is 0 Å². The van der Waals surface area contributed by atoms with Crippen molar-refractivity contribution in [2.45, 2.75) is 33.0 Å². The van der Waals surface area contributed by atoms with Crippen LogP contribution in [0.4, 0.5) is 6.01 Å². The Balaban J connectivity index is 1.83. The van der Waals surface area contributed by atoms with Crippen LogP contribution in [0.1, 0.15) is 25.3 Å². The molecule has 0 aliphatic heterocycles. The molecule has 0 saturated carbocycles. The minimum Gasteiger partial charge on any atom is -0.407 e. The monoisotopic (exact) mass is 247 g/mol. The molecule has 0 radical (unpaired) electrons. The zero-order chi connectivity index (χ0) is 12.8. The number of anilines is 1. The van der Waals surface area contributed by atoms with Crippen molar-refractivity contribution in [1.29, 1.82) is 0 Å². The van der Waals surface area contributed by atoms with Crippen molar-refractivity contribution in [2.75, 3.05) is 5.32 Å². The van der Waals surface area contributed by atoms with Gasteiger partial charge in [0.15, 0.2) is 0 Å². The third-order valence-electron chi connectivity index (χ3n) is 2.29. The van der Waals surface area contributed by atoms with Crippen LogP contribution in [0.2, 0.25) is 0 Å². The van der Waals surface area contributed by atoms with Gasteiger partial charge in [0.25, 0.3) is 0 Å². The predicted molar refractivity (Wildman–Crippen MR) is 67.8 cm³/mol. The highest BCUT2D eigenvalue weighted by molar-refractivity contribution is 5.21. The molecule has 0 fully saturated rings. The molecule has 96 valence electrons. The van der Waals surface area contributed by atoms with E-state index in [2.05, 4.69) is 39.7 Å². The summed E-state index contributed by atoms with van der Waals surface area (Å²) in [6.45, 7) is 5.34. The van der Waals surface area contributed by atoms with Gasteiger partial charge >= 0.3 is 6.01 Å². The number of hydrogen-bond acceptors (Lipinski definition) is 6. The van der Waals surface area contributed by atoms with E-state index in [1.54, 1.807) is 12.4 Å². The summed E-state index contributed by atoms with van der Waals surface area (Å²) in [6, 6.07) is 4.70. The summed E-state index contributed by atoms with van der Waals surface area (Å²) in [5.74, 6) is 0.581. The SMILES string of the molecule is CC(C)NCc1nnc(NCc2cccnc2)o1. The summed E-state index contributed by atoms with van der Waals surface area (Å²) in [5.41, 5.74) is 1.07. The molecule has 2 aromatic rings. The maximum atomic E-state index is 5.44. The first-order valence-corrected chi connectivity index (χ1v) is 5.92. The third-order valence-corrected chi connectivity index (χ3v) is 2.29. The summed E-state index contributed by atoms with van der Waals surface area (Å²) in [6.07, 6.45) is 3.54. The molecule has 2 N–H and O–H groups in total. The van der Waals surface area contributed by atoms with Gasteiger partial charge in [0.1, 0.15) is 0 Å². The highest BCUT2D eigenvalue weighted by Gasteiger charge is 2.05. The Morgan fingerprint density at radius 3 is 2.89 bits per heavy atom. The van der Waals surface area contributed by atoms with Crippen LogP contribution in [0.15, 0.2) is 28.9 Å². The van der Waals surface area contributed by atoms with Gasteiger partial charge in [0.05, 0.1) is 6.54 Å². The lowest BCUT2D eigenvalue weighted by molar-refractivity contribution is 0.458. The quantitative estimate of drug-likeness (QED) is 0.807. The van der Waals surface area contributed by atoms with Crippen molar-refractivity contribution in [3.8, 4) is 0 Å². The highest BCUT2D eigenvalue weighted by atomic mass is 16.4. The Kier molecular flexibility index (Phi) is 4.25. The second-order valence-corrected chi connectivity index (χ2v) is 4.25. The van der Waals surface area contributed by atoms with Crippen molar-refractivity contribution in [2.24, 2.45) is 0 Å². The summed E-state index contributed by atoms with van der Waals surface area (Å²) in [5, 5.41) is 14.1. The van der Waals surface area contributed by atoms with Crippen LogP contribution in [0.25, 0.3) is 0 Å². The molecule has 18 heavy (non-hydrogen) atoms. The second kappa shape index (κ2) is 6.11. The average molecular weight is 247 g/mol. The van der Waals surface area contributed by atoms with E-state index in [1.165, 1.54) is 0 Å². The Labute approximate surface area is 106 Å². The number of aromatic nitrogens is 3. The molecular weight excluding hydrogens is 230 g/mol. The van der Waals surface area contributed by atoms with Crippen LogP contribution in [0, 0.1) is 0 Å². The molecule has 0 spiro atoms. The smallest absolute Gasteiger partial charge is 0.315 e. The molecular formula is C12H17N5O. The van der Waals surface area contributed by atoms with Crippen molar-refractivity contribution in [1.82, 2.24) is 20.5 Å². The predicted octanol–water partition coefficient (Wildman–Crippen LogP) is 1.57. The number of pyridine rings is 1. The molecule has 2 aromatic heterocycles. The van der Waals surface area contributed by atoms with Gasteiger partial charge in [-0.25, -0.2) is 0 Å². The minimum absolute atomic E-state index is 0.392. The molecule has 0 aromatic carbocycles. The maximum Gasteiger partial charge on any atom is 0.315 e. The number of nitrogens with zero attached hydrogens (tertiary/aromatic N) is 3. The molecule has 0 unspecified atom stereocenters. The van der Waals surface area contributed by atoms with Gasteiger partial charge < -0.3 is 15.1 Å². The normalized spacial score (nSPS) is 10.8. The summed E-state index contributed by atoms with van der Waals surface area (Å²) < 4.78 is 5.44. The van der Waals surface area contributed by atoms with E-state index in [1.807, 2.05) is 12.1 Å². The van der Waals surface area contributed by atoms with Gasteiger partial charge in [-0.2, -0.15) is 0 Å². The minimum atomic E-state index is 0.392. The van der Waals surface area contributed by atoms with Gasteiger partial charge in [-0.3, -0.25) is 4.98 Å². The topological polar surface area (TPSA) is 75.9 Å². The van der Waals surface area contributed by atoms with Gasteiger partial charge in [-0.05, 0) is 11.6 Å². The Morgan fingerprint density at radius 2 is 2.17 bits per heavy atom. The molecule has 0 amide bonds. The average Bonchev–Trinajstić information content (AvgIpc) is 2.83. The summed E-state index contributed by atoms with van der Waals surface area (Å²) in [4.78, 5) is 4.03. The van der Waals surface area contributed by atoms with Gasteiger partial charge in [-0.1, -0.05) is 25.0 Å². The lowest BCUT2D eigenvalue weighted by atomic mass is 10.3. The fraction of sp³-hybridized carbons (Fsp3) is 0.417. The van der Waals surface area contributed by atoms with Crippen LogP contribution in [-0.2, 0) is 13.1 Å². The molecule has 0 bridgehead atoms. The zero-order valence-corrected chi connectivity index (χ0v) is 10.6. The molecule has 2 heterocycles. The number of hydrogen-bond donors (Lipinski definition) is 2. The van der Waals surface area contributed by atoms with Gasteiger partial charge in [0.2, 0.25) is 5.89 Å². The second-order valence-electron chi connectivity index (χ2n) is 4.25. The number of nitrogens with one attached hydrogen (secondary N) is 2. The summed E-state index contributed by atoms with van der Waals surface area (Å²) >= 11 is 0. The van der Waals surface area contributed by atoms with E-state index in [9.17, 15) is 0 Å². The lowest BCUT2D eigenvalue weighted by Crippen LogP contribution is -2.21. The first-order chi connectivity index (χ1) is 8.74. The van der Waals surface area contributed by atoms with Crippen molar-refractivity contribution < 1.29 is 4.42 Å². The summed E-state index contributed by atoms with van der Waals surface area (Å²) in [7, 11) is 0.